The molecule has 0 unspecified atom stereocenters. The van der Waals surface area contributed by atoms with Gasteiger partial charge in [0.1, 0.15) is 10.6 Å². The zero-order chi connectivity index (χ0) is 19.6. The molecule has 1 amide bonds. The Morgan fingerprint density at radius 2 is 1.42 bits per heavy atom. The minimum atomic E-state index is -5.85. The van der Waals surface area contributed by atoms with Crippen molar-refractivity contribution in [3.63, 3.8) is 0 Å². The number of carbonyl (C=O) groups excluding carboxylic acids is 1. The van der Waals surface area contributed by atoms with E-state index in [0.717, 1.165) is 29.0 Å². The molecule has 0 spiro atoms. The lowest BCUT2D eigenvalue weighted by Gasteiger charge is -2.10. The lowest BCUT2D eigenvalue weighted by atomic mass is 10.2. The number of rotatable bonds is 5. The van der Waals surface area contributed by atoms with Crippen LogP contribution >= 0.6 is 0 Å². The highest BCUT2D eigenvalue weighted by atomic mass is 32.2. The number of carbonyl (C=O) groups is 1. The molecule has 0 atom stereocenters. The van der Waals surface area contributed by atoms with E-state index < -0.39 is 37.1 Å². The smallest absolute Gasteiger partial charge is 0.379 e. The number of halogens is 3. The van der Waals surface area contributed by atoms with Gasteiger partial charge in [0.25, 0.3) is 5.91 Å². The fourth-order valence-electron chi connectivity index (χ4n) is 1.66. The first-order valence-electron chi connectivity index (χ1n) is 6.65. The molecule has 0 aromatic heterocycles. The summed E-state index contributed by atoms with van der Waals surface area (Å²) in [6.45, 7) is 0. The maximum absolute atomic E-state index is 12.2. The Balaban J connectivity index is 2.15. The largest absolute Gasteiger partial charge is 0.516 e. The van der Waals surface area contributed by atoms with Crippen molar-refractivity contribution >= 4 is 26.0 Å². The summed E-state index contributed by atoms with van der Waals surface area (Å²) in [5.74, 6) is -1.75. The second-order valence-electron chi connectivity index (χ2n) is 4.76. The average molecular weight is 409 g/mol. The normalized spacial score (nSPS) is 12.4. The zero-order valence-corrected chi connectivity index (χ0v) is 14.2. The minimum Gasteiger partial charge on any atom is -0.379 e. The van der Waals surface area contributed by atoms with Crippen molar-refractivity contribution in [1.29, 1.82) is 0 Å². The van der Waals surface area contributed by atoms with E-state index >= 15 is 0 Å². The number of hydrogen-bond acceptors (Lipinski definition) is 6. The van der Waals surface area contributed by atoms with Crippen LogP contribution in [-0.2, 0) is 20.1 Å². The van der Waals surface area contributed by atoms with E-state index in [0.29, 0.717) is 0 Å². The molecule has 0 aliphatic carbocycles. The van der Waals surface area contributed by atoms with E-state index in [1.165, 1.54) is 24.3 Å². The van der Waals surface area contributed by atoms with Gasteiger partial charge in [-0.25, -0.2) is 4.72 Å². The summed E-state index contributed by atoms with van der Waals surface area (Å²) in [4.78, 5) is 11.4. The van der Waals surface area contributed by atoms with Crippen molar-refractivity contribution in [3.05, 3.63) is 60.2 Å². The molecule has 7 nitrogen and oxygen atoms in total. The lowest BCUT2D eigenvalue weighted by Crippen LogP contribution is -2.40. The van der Waals surface area contributed by atoms with E-state index in [9.17, 15) is 34.8 Å². The van der Waals surface area contributed by atoms with Gasteiger partial charge in [-0.2, -0.15) is 30.0 Å². The molecule has 2 rings (SSSR count). The molecule has 2 aromatic rings. The molecule has 0 bridgehead atoms. The van der Waals surface area contributed by atoms with Crippen molar-refractivity contribution in [3.8, 4) is 5.75 Å². The maximum Gasteiger partial charge on any atom is 0.516 e. The van der Waals surface area contributed by atoms with E-state index in [1.807, 2.05) is 0 Å². The van der Waals surface area contributed by atoms with Crippen LogP contribution in [-0.4, -0.2) is 28.3 Å². The standard InChI is InChI=1S/C14H10F3NO6S2/c15-14(16,17)26(22,23)18-13(19)10-6-8-11(9-7-10)24-25(20,21)12-4-2-1-3-5-12/h1-9H,(H,18,19). The van der Waals surface area contributed by atoms with Crippen LogP contribution in [0.15, 0.2) is 59.5 Å². The van der Waals surface area contributed by atoms with E-state index in [-0.39, 0.29) is 10.6 Å². The third kappa shape index (κ3) is 4.52. The highest BCUT2D eigenvalue weighted by molar-refractivity contribution is 7.90. The summed E-state index contributed by atoms with van der Waals surface area (Å²) in [7, 11) is -9.99. The highest BCUT2D eigenvalue weighted by Crippen LogP contribution is 2.23. The summed E-state index contributed by atoms with van der Waals surface area (Å²) < 4.78 is 88.2. The maximum atomic E-state index is 12.2. The quantitative estimate of drug-likeness (QED) is 0.758. The topological polar surface area (TPSA) is 107 Å². The van der Waals surface area contributed by atoms with Gasteiger partial charge in [0.05, 0.1) is 0 Å². The molecular formula is C14H10F3NO6S2. The van der Waals surface area contributed by atoms with Gasteiger partial charge in [-0.1, -0.05) is 18.2 Å². The van der Waals surface area contributed by atoms with Gasteiger partial charge in [0.2, 0.25) is 0 Å². The SMILES string of the molecule is O=C(NS(=O)(=O)C(F)(F)F)c1ccc(OS(=O)(=O)c2ccccc2)cc1. The van der Waals surface area contributed by atoms with E-state index in [2.05, 4.69) is 0 Å². The minimum absolute atomic E-state index is 0.127. The Labute approximate surface area is 146 Å². The summed E-state index contributed by atoms with van der Waals surface area (Å²) in [5, 5.41) is 0. The Morgan fingerprint density at radius 3 is 1.92 bits per heavy atom. The van der Waals surface area contributed by atoms with Crippen LogP contribution in [0.5, 0.6) is 5.75 Å². The Bertz CT molecular complexity index is 1000. The van der Waals surface area contributed by atoms with Gasteiger partial charge in [0.15, 0.2) is 0 Å². The van der Waals surface area contributed by atoms with E-state index in [1.54, 1.807) is 6.07 Å². The van der Waals surface area contributed by atoms with Crippen LogP contribution in [0.4, 0.5) is 13.2 Å². The third-order valence-electron chi connectivity index (χ3n) is 2.89. The Hall–Kier alpha value is -2.60. The first-order chi connectivity index (χ1) is 11.9. The molecule has 0 saturated heterocycles. The molecule has 0 aliphatic heterocycles. The number of benzene rings is 2. The number of alkyl halides is 3. The predicted octanol–water partition coefficient (Wildman–Crippen LogP) is 2.03. The van der Waals surface area contributed by atoms with Gasteiger partial charge in [0, 0.05) is 5.56 Å². The van der Waals surface area contributed by atoms with Crippen molar-refractivity contribution < 1.29 is 39.0 Å². The second-order valence-corrected chi connectivity index (χ2v) is 7.98. The van der Waals surface area contributed by atoms with Crippen LogP contribution in [0.2, 0.25) is 0 Å². The molecular weight excluding hydrogens is 399 g/mol. The van der Waals surface area contributed by atoms with Crippen molar-refractivity contribution in [2.75, 3.05) is 0 Å². The monoisotopic (exact) mass is 409 g/mol. The van der Waals surface area contributed by atoms with Crippen LogP contribution in [0.1, 0.15) is 10.4 Å². The number of hydrogen-bond donors (Lipinski definition) is 1. The Kier molecular flexibility index (Phi) is 5.28. The van der Waals surface area contributed by atoms with Crippen LogP contribution in [0.25, 0.3) is 0 Å². The summed E-state index contributed by atoms with van der Waals surface area (Å²) in [6.07, 6.45) is 0. The van der Waals surface area contributed by atoms with Crippen molar-refractivity contribution in [2.45, 2.75) is 10.4 Å². The molecule has 0 aliphatic rings. The number of nitrogens with one attached hydrogen (secondary N) is 1. The molecule has 0 saturated carbocycles. The van der Waals surface area contributed by atoms with Gasteiger partial charge >= 0.3 is 25.6 Å². The first-order valence-corrected chi connectivity index (χ1v) is 9.54. The molecule has 1 N–H and O–H groups in total. The van der Waals surface area contributed by atoms with E-state index in [4.69, 9.17) is 4.18 Å². The summed E-state index contributed by atoms with van der Waals surface area (Å²) >= 11 is 0. The summed E-state index contributed by atoms with van der Waals surface area (Å²) in [6, 6.07) is 11.0. The van der Waals surface area contributed by atoms with Gasteiger partial charge < -0.3 is 4.18 Å². The molecule has 2 aromatic carbocycles. The number of amides is 1. The Morgan fingerprint density at radius 1 is 0.885 bits per heavy atom. The van der Waals surface area contributed by atoms with Gasteiger partial charge in [-0.15, -0.1) is 0 Å². The number of sulfonamides is 1. The van der Waals surface area contributed by atoms with Crippen LogP contribution in [0.3, 0.4) is 0 Å². The highest BCUT2D eigenvalue weighted by Gasteiger charge is 2.47. The third-order valence-corrected chi connectivity index (χ3v) is 5.21. The van der Waals surface area contributed by atoms with Crippen molar-refractivity contribution in [1.82, 2.24) is 4.72 Å². The molecule has 26 heavy (non-hydrogen) atoms. The van der Waals surface area contributed by atoms with Crippen molar-refractivity contribution in [2.24, 2.45) is 0 Å². The zero-order valence-electron chi connectivity index (χ0n) is 12.6. The second kappa shape index (κ2) is 6.96. The van der Waals surface area contributed by atoms with Gasteiger partial charge in [-0.3, -0.25) is 4.79 Å². The van der Waals surface area contributed by atoms with Crippen LogP contribution in [0, 0.1) is 0 Å². The van der Waals surface area contributed by atoms with Gasteiger partial charge in [-0.05, 0) is 36.4 Å². The van der Waals surface area contributed by atoms with Crippen LogP contribution < -0.4 is 8.91 Å². The predicted molar refractivity (Wildman–Crippen MR) is 83.1 cm³/mol. The fourth-order valence-corrected chi connectivity index (χ4v) is 3.09. The fraction of sp³-hybridized carbons (Fsp3) is 0.0714. The summed E-state index contributed by atoms with van der Waals surface area (Å²) in [5.41, 5.74) is -6.09. The molecule has 0 fully saturated rings. The first kappa shape index (κ1) is 19.7. The lowest BCUT2D eigenvalue weighted by molar-refractivity contribution is -0.0446. The average Bonchev–Trinajstić information content (AvgIpc) is 2.54. The molecule has 140 valence electrons. The molecule has 12 heteroatoms. The molecule has 0 heterocycles. The molecule has 0 radical (unpaired) electrons.